The summed E-state index contributed by atoms with van der Waals surface area (Å²) in [4.78, 5) is 0.0123. The Labute approximate surface area is 165 Å². The first kappa shape index (κ1) is 19.8. The van der Waals surface area contributed by atoms with E-state index in [9.17, 15) is 8.42 Å². The highest BCUT2D eigenvalue weighted by Gasteiger charge is 2.21. The Hall–Kier alpha value is -3.00. The predicted octanol–water partition coefficient (Wildman–Crippen LogP) is 3.37. The SMILES string of the molecule is COc1ccc(OC)c(S(=O)(=O)Nc2cccc(Cn3nc(C)cc3C)c2)c1. The Balaban J connectivity index is 1.88. The van der Waals surface area contributed by atoms with Crippen LogP contribution in [0.1, 0.15) is 17.0 Å². The molecule has 0 aliphatic carbocycles. The molecule has 7 nitrogen and oxygen atoms in total. The second-order valence-corrected chi connectivity index (χ2v) is 8.06. The zero-order chi connectivity index (χ0) is 20.3. The molecule has 2 aromatic carbocycles. The van der Waals surface area contributed by atoms with E-state index in [1.54, 1.807) is 24.3 Å². The largest absolute Gasteiger partial charge is 0.497 e. The molecule has 0 aliphatic rings. The molecule has 28 heavy (non-hydrogen) atoms. The molecule has 0 radical (unpaired) electrons. The van der Waals surface area contributed by atoms with Crippen LogP contribution < -0.4 is 14.2 Å². The van der Waals surface area contributed by atoms with Crippen molar-refractivity contribution in [3.63, 3.8) is 0 Å². The van der Waals surface area contributed by atoms with Gasteiger partial charge in [-0.05, 0) is 49.7 Å². The van der Waals surface area contributed by atoms with Gasteiger partial charge in [-0.3, -0.25) is 9.40 Å². The maximum atomic E-state index is 12.9. The fraction of sp³-hybridized carbons (Fsp3) is 0.250. The van der Waals surface area contributed by atoms with Crippen molar-refractivity contribution in [3.05, 3.63) is 65.5 Å². The molecule has 0 aliphatic heterocycles. The van der Waals surface area contributed by atoms with Gasteiger partial charge in [-0.15, -0.1) is 0 Å². The molecule has 3 rings (SSSR count). The van der Waals surface area contributed by atoms with Gasteiger partial charge >= 0.3 is 0 Å². The van der Waals surface area contributed by atoms with Gasteiger partial charge in [-0.1, -0.05) is 12.1 Å². The summed E-state index contributed by atoms with van der Waals surface area (Å²) in [6.45, 7) is 4.48. The number of methoxy groups -OCH3 is 2. The van der Waals surface area contributed by atoms with E-state index >= 15 is 0 Å². The van der Waals surface area contributed by atoms with Gasteiger partial charge in [0.25, 0.3) is 10.0 Å². The van der Waals surface area contributed by atoms with Crippen LogP contribution in [0.2, 0.25) is 0 Å². The molecule has 0 amide bonds. The molecule has 0 spiro atoms. The van der Waals surface area contributed by atoms with E-state index in [0.717, 1.165) is 17.0 Å². The number of hydrogen-bond donors (Lipinski definition) is 1. The molecule has 3 aromatic rings. The molecule has 0 saturated carbocycles. The number of sulfonamides is 1. The fourth-order valence-electron chi connectivity index (χ4n) is 2.95. The van der Waals surface area contributed by atoms with Crippen LogP contribution in [-0.4, -0.2) is 32.4 Å². The van der Waals surface area contributed by atoms with Crippen LogP contribution in [0.5, 0.6) is 11.5 Å². The van der Waals surface area contributed by atoms with Crippen LogP contribution >= 0.6 is 0 Å². The zero-order valence-electron chi connectivity index (χ0n) is 16.3. The maximum Gasteiger partial charge on any atom is 0.265 e. The third kappa shape index (κ3) is 4.28. The van der Waals surface area contributed by atoms with Gasteiger partial charge in [0.1, 0.15) is 16.4 Å². The highest BCUT2D eigenvalue weighted by molar-refractivity contribution is 7.92. The number of aryl methyl sites for hydroxylation is 2. The number of hydrogen-bond acceptors (Lipinski definition) is 5. The highest BCUT2D eigenvalue weighted by Crippen LogP contribution is 2.29. The summed E-state index contributed by atoms with van der Waals surface area (Å²) in [6.07, 6.45) is 0. The number of benzene rings is 2. The average molecular weight is 401 g/mol. The maximum absolute atomic E-state index is 12.9. The van der Waals surface area contributed by atoms with Crippen molar-refractivity contribution in [3.8, 4) is 11.5 Å². The lowest BCUT2D eigenvalue weighted by Gasteiger charge is -2.13. The molecule has 0 fully saturated rings. The third-order valence-electron chi connectivity index (χ3n) is 4.28. The van der Waals surface area contributed by atoms with Crippen molar-refractivity contribution in [1.29, 1.82) is 0 Å². The molecule has 148 valence electrons. The molecular weight excluding hydrogens is 378 g/mol. The van der Waals surface area contributed by atoms with E-state index < -0.39 is 10.0 Å². The highest BCUT2D eigenvalue weighted by atomic mass is 32.2. The Bertz CT molecular complexity index is 1090. The molecule has 1 N–H and O–H groups in total. The van der Waals surface area contributed by atoms with E-state index in [-0.39, 0.29) is 10.6 Å². The van der Waals surface area contributed by atoms with Crippen LogP contribution in [0.3, 0.4) is 0 Å². The third-order valence-corrected chi connectivity index (χ3v) is 5.68. The van der Waals surface area contributed by atoms with Gasteiger partial charge in [-0.25, -0.2) is 8.42 Å². The van der Waals surface area contributed by atoms with Gasteiger partial charge in [0, 0.05) is 17.4 Å². The van der Waals surface area contributed by atoms with Gasteiger partial charge in [0.2, 0.25) is 0 Å². The monoisotopic (exact) mass is 401 g/mol. The minimum atomic E-state index is -3.86. The number of ether oxygens (including phenoxy) is 2. The first-order chi connectivity index (χ1) is 13.3. The van der Waals surface area contributed by atoms with Crippen LogP contribution in [0.15, 0.2) is 53.4 Å². The van der Waals surface area contributed by atoms with Crippen LogP contribution in [0.4, 0.5) is 5.69 Å². The average Bonchev–Trinajstić information content (AvgIpc) is 2.98. The van der Waals surface area contributed by atoms with Gasteiger partial charge in [0.15, 0.2) is 0 Å². The quantitative estimate of drug-likeness (QED) is 0.656. The van der Waals surface area contributed by atoms with Crippen molar-refractivity contribution in [2.24, 2.45) is 0 Å². The molecule has 1 aromatic heterocycles. The molecule has 0 atom stereocenters. The van der Waals surface area contributed by atoms with E-state index in [1.165, 1.54) is 20.3 Å². The van der Waals surface area contributed by atoms with Crippen molar-refractivity contribution < 1.29 is 17.9 Å². The number of nitrogens with zero attached hydrogens (tertiary/aromatic N) is 2. The molecule has 8 heteroatoms. The van der Waals surface area contributed by atoms with E-state index in [0.29, 0.717) is 18.0 Å². The van der Waals surface area contributed by atoms with Gasteiger partial charge < -0.3 is 9.47 Å². The second kappa shape index (κ2) is 7.93. The van der Waals surface area contributed by atoms with Crippen molar-refractivity contribution in [2.75, 3.05) is 18.9 Å². The number of anilines is 1. The summed E-state index contributed by atoms with van der Waals surface area (Å²) < 4.78 is 40.7. The van der Waals surface area contributed by atoms with Crippen molar-refractivity contribution in [2.45, 2.75) is 25.3 Å². The minimum absolute atomic E-state index is 0.0123. The summed E-state index contributed by atoms with van der Waals surface area (Å²) in [7, 11) is -0.953. The summed E-state index contributed by atoms with van der Waals surface area (Å²) in [5.74, 6) is 0.673. The Morgan fingerprint density at radius 3 is 2.46 bits per heavy atom. The molecule has 0 bridgehead atoms. The standard InChI is InChI=1S/C20H23N3O4S/c1-14-10-15(2)23(21-14)13-16-6-5-7-17(11-16)22-28(24,25)20-12-18(26-3)8-9-19(20)27-4/h5-12,22H,13H2,1-4H3. The molecule has 0 saturated heterocycles. The van der Waals surface area contributed by atoms with Crippen molar-refractivity contribution in [1.82, 2.24) is 9.78 Å². The number of aromatic nitrogens is 2. The normalized spacial score (nSPS) is 11.3. The summed E-state index contributed by atoms with van der Waals surface area (Å²) in [6, 6.07) is 13.9. The topological polar surface area (TPSA) is 82.5 Å². The lowest BCUT2D eigenvalue weighted by molar-refractivity contribution is 0.392. The predicted molar refractivity (Wildman–Crippen MR) is 108 cm³/mol. The minimum Gasteiger partial charge on any atom is -0.497 e. The zero-order valence-corrected chi connectivity index (χ0v) is 17.1. The first-order valence-electron chi connectivity index (χ1n) is 8.67. The molecular formula is C20H23N3O4S. The fourth-order valence-corrected chi connectivity index (χ4v) is 4.18. The summed E-state index contributed by atoms with van der Waals surface area (Å²) in [5, 5.41) is 4.45. The number of nitrogens with one attached hydrogen (secondary N) is 1. The van der Waals surface area contributed by atoms with E-state index in [1.807, 2.05) is 36.7 Å². The van der Waals surface area contributed by atoms with E-state index in [4.69, 9.17) is 9.47 Å². The molecule has 1 heterocycles. The lowest BCUT2D eigenvalue weighted by Crippen LogP contribution is -2.14. The molecule has 0 unspecified atom stereocenters. The summed E-state index contributed by atoms with van der Waals surface area (Å²) >= 11 is 0. The Morgan fingerprint density at radius 1 is 1.04 bits per heavy atom. The number of rotatable bonds is 7. The van der Waals surface area contributed by atoms with Crippen LogP contribution in [0.25, 0.3) is 0 Å². The van der Waals surface area contributed by atoms with Crippen LogP contribution in [0, 0.1) is 13.8 Å². The van der Waals surface area contributed by atoms with Crippen LogP contribution in [-0.2, 0) is 16.6 Å². The van der Waals surface area contributed by atoms with Gasteiger partial charge in [0.05, 0.1) is 26.5 Å². The van der Waals surface area contributed by atoms with Gasteiger partial charge in [-0.2, -0.15) is 5.10 Å². The Kier molecular flexibility index (Phi) is 5.60. The summed E-state index contributed by atoms with van der Waals surface area (Å²) in [5.41, 5.74) is 3.39. The smallest absolute Gasteiger partial charge is 0.265 e. The van der Waals surface area contributed by atoms with Crippen molar-refractivity contribution >= 4 is 15.7 Å². The first-order valence-corrected chi connectivity index (χ1v) is 10.2. The van der Waals surface area contributed by atoms with E-state index in [2.05, 4.69) is 9.82 Å². The lowest BCUT2D eigenvalue weighted by atomic mass is 10.2. The Morgan fingerprint density at radius 2 is 1.82 bits per heavy atom. The second-order valence-electron chi connectivity index (χ2n) is 6.41.